The Balaban J connectivity index is 1.92. The quantitative estimate of drug-likeness (QED) is 0.734. The second kappa shape index (κ2) is 9.81. The standard InChI is InChI=1S/C20H26N2O3/c1-4-21-13-17-9-5-6-11-19(17)22-20(23)15(2)25-14-16-8-7-10-18(12-16)24-3/h5-12,15,21H,4,13-14H2,1-3H3,(H,22,23). The summed E-state index contributed by atoms with van der Waals surface area (Å²) in [5, 5.41) is 6.22. The monoisotopic (exact) mass is 342 g/mol. The molecule has 0 aliphatic carbocycles. The smallest absolute Gasteiger partial charge is 0.253 e. The lowest BCUT2D eigenvalue weighted by atomic mass is 10.1. The number of amides is 1. The van der Waals surface area contributed by atoms with E-state index in [2.05, 4.69) is 17.6 Å². The molecule has 1 amide bonds. The maximum absolute atomic E-state index is 12.4. The first-order valence-electron chi connectivity index (χ1n) is 8.48. The Hall–Kier alpha value is -2.37. The lowest BCUT2D eigenvalue weighted by Gasteiger charge is -2.16. The minimum absolute atomic E-state index is 0.160. The van der Waals surface area contributed by atoms with E-state index in [1.807, 2.05) is 48.5 Å². The van der Waals surface area contributed by atoms with Crippen LogP contribution in [0.5, 0.6) is 5.75 Å². The second-order valence-electron chi connectivity index (χ2n) is 5.73. The summed E-state index contributed by atoms with van der Waals surface area (Å²) in [5.41, 5.74) is 2.83. The number of ether oxygens (including phenoxy) is 2. The minimum Gasteiger partial charge on any atom is -0.497 e. The van der Waals surface area contributed by atoms with Crippen LogP contribution in [0.1, 0.15) is 25.0 Å². The number of methoxy groups -OCH3 is 1. The van der Waals surface area contributed by atoms with Crippen LogP contribution in [0.3, 0.4) is 0 Å². The van der Waals surface area contributed by atoms with Gasteiger partial charge in [0.2, 0.25) is 0 Å². The van der Waals surface area contributed by atoms with Gasteiger partial charge >= 0.3 is 0 Å². The third-order valence-electron chi connectivity index (χ3n) is 3.84. The Morgan fingerprint density at radius 2 is 1.96 bits per heavy atom. The molecule has 5 heteroatoms. The van der Waals surface area contributed by atoms with Gasteiger partial charge in [-0.3, -0.25) is 4.79 Å². The second-order valence-corrected chi connectivity index (χ2v) is 5.73. The maximum atomic E-state index is 12.4. The van der Waals surface area contributed by atoms with Gasteiger partial charge in [-0.1, -0.05) is 37.3 Å². The highest BCUT2D eigenvalue weighted by atomic mass is 16.5. The molecule has 0 bridgehead atoms. The Labute approximate surface area is 149 Å². The van der Waals surface area contributed by atoms with E-state index >= 15 is 0 Å². The van der Waals surface area contributed by atoms with Gasteiger partial charge in [0.15, 0.2) is 0 Å². The molecule has 0 saturated heterocycles. The van der Waals surface area contributed by atoms with E-state index in [9.17, 15) is 4.79 Å². The molecule has 0 spiro atoms. The summed E-state index contributed by atoms with van der Waals surface area (Å²) in [6.07, 6.45) is -0.557. The first-order chi connectivity index (χ1) is 12.1. The lowest BCUT2D eigenvalue weighted by molar-refractivity contribution is -0.127. The molecule has 1 atom stereocenters. The SMILES string of the molecule is CCNCc1ccccc1NC(=O)C(C)OCc1cccc(OC)c1. The van der Waals surface area contributed by atoms with E-state index in [1.54, 1.807) is 14.0 Å². The van der Waals surface area contributed by atoms with Gasteiger partial charge in [0, 0.05) is 12.2 Å². The fourth-order valence-corrected chi connectivity index (χ4v) is 2.35. The van der Waals surface area contributed by atoms with Crippen LogP contribution >= 0.6 is 0 Å². The van der Waals surface area contributed by atoms with Crippen molar-refractivity contribution in [3.63, 3.8) is 0 Å². The molecule has 2 N–H and O–H groups in total. The van der Waals surface area contributed by atoms with E-state index in [4.69, 9.17) is 9.47 Å². The van der Waals surface area contributed by atoms with Gasteiger partial charge in [0.05, 0.1) is 13.7 Å². The molecule has 2 aromatic carbocycles. The number of rotatable bonds is 9. The molecule has 0 aliphatic rings. The zero-order valence-corrected chi connectivity index (χ0v) is 15.0. The number of para-hydroxylation sites is 1. The lowest BCUT2D eigenvalue weighted by Crippen LogP contribution is -2.28. The zero-order chi connectivity index (χ0) is 18.1. The van der Waals surface area contributed by atoms with Crippen molar-refractivity contribution in [2.45, 2.75) is 33.1 Å². The molecule has 0 aromatic heterocycles. The molecular weight excluding hydrogens is 316 g/mol. The van der Waals surface area contributed by atoms with Gasteiger partial charge in [-0.15, -0.1) is 0 Å². The summed E-state index contributed by atoms with van der Waals surface area (Å²) in [7, 11) is 1.63. The van der Waals surface area contributed by atoms with Crippen LogP contribution in [0.2, 0.25) is 0 Å². The van der Waals surface area contributed by atoms with Crippen molar-refractivity contribution < 1.29 is 14.3 Å². The summed E-state index contributed by atoms with van der Waals surface area (Å²) in [5.74, 6) is 0.613. The van der Waals surface area contributed by atoms with E-state index < -0.39 is 6.10 Å². The highest BCUT2D eigenvalue weighted by molar-refractivity contribution is 5.94. The highest BCUT2D eigenvalue weighted by Crippen LogP contribution is 2.17. The van der Waals surface area contributed by atoms with Gasteiger partial charge < -0.3 is 20.1 Å². The van der Waals surface area contributed by atoms with E-state index in [0.29, 0.717) is 13.2 Å². The molecule has 0 radical (unpaired) electrons. The molecule has 2 rings (SSSR count). The molecule has 25 heavy (non-hydrogen) atoms. The summed E-state index contributed by atoms with van der Waals surface area (Å²) in [6.45, 7) is 5.75. The normalized spacial score (nSPS) is 11.8. The van der Waals surface area contributed by atoms with Crippen molar-refractivity contribution in [1.29, 1.82) is 0 Å². The van der Waals surface area contributed by atoms with Gasteiger partial charge in [0.25, 0.3) is 5.91 Å². The number of anilines is 1. The Kier molecular flexibility index (Phi) is 7.44. The summed E-state index contributed by atoms with van der Waals surface area (Å²) >= 11 is 0. The van der Waals surface area contributed by atoms with Crippen LogP contribution in [0.25, 0.3) is 0 Å². The van der Waals surface area contributed by atoms with Crippen LogP contribution in [-0.2, 0) is 22.7 Å². The van der Waals surface area contributed by atoms with Crippen LogP contribution in [0, 0.1) is 0 Å². The Morgan fingerprint density at radius 3 is 2.72 bits per heavy atom. The van der Waals surface area contributed by atoms with Gasteiger partial charge in [0.1, 0.15) is 11.9 Å². The molecule has 1 unspecified atom stereocenters. The Bertz CT molecular complexity index is 688. The van der Waals surface area contributed by atoms with Crippen LogP contribution < -0.4 is 15.4 Å². The van der Waals surface area contributed by atoms with Crippen LogP contribution in [0.15, 0.2) is 48.5 Å². The summed E-state index contributed by atoms with van der Waals surface area (Å²) in [6, 6.07) is 15.4. The fraction of sp³-hybridized carbons (Fsp3) is 0.350. The third kappa shape index (κ3) is 5.89. The first kappa shape index (κ1) is 19.0. The maximum Gasteiger partial charge on any atom is 0.253 e. The van der Waals surface area contributed by atoms with E-state index in [0.717, 1.165) is 29.1 Å². The van der Waals surface area contributed by atoms with Crippen LogP contribution in [0.4, 0.5) is 5.69 Å². The Morgan fingerprint density at radius 1 is 1.16 bits per heavy atom. The number of carbonyl (C=O) groups is 1. The molecule has 0 aliphatic heterocycles. The predicted octanol–water partition coefficient (Wildman–Crippen LogP) is 3.35. The van der Waals surface area contributed by atoms with Gasteiger partial charge in [-0.05, 0) is 42.8 Å². The van der Waals surface area contributed by atoms with Gasteiger partial charge in [-0.25, -0.2) is 0 Å². The number of carbonyl (C=O) groups excluding carboxylic acids is 1. The van der Waals surface area contributed by atoms with Crippen molar-refractivity contribution in [1.82, 2.24) is 5.32 Å². The zero-order valence-electron chi connectivity index (χ0n) is 15.0. The van der Waals surface area contributed by atoms with Crippen molar-refractivity contribution in [3.8, 4) is 5.75 Å². The highest BCUT2D eigenvalue weighted by Gasteiger charge is 2.15. The molecular formula is C20H26N2O3. The molecule has 5 nitrogen and oxygen atoms in total. The predicted molar refractivity (Wildman–Crippen MR) is 99.7 cm³/mol. The van der Waals surface area contributed by atoms with Crippen molar-refractivity contribution >= 4 is 11.6 Å². The molecule has 0 heterocycles. The summed E-state index contributed by atoms with van der Waals surface area (Å²) < 4.78 is 10.9. The molecule has 0 fully saturated rings. The number of benzene rings is 2. The van der Waals surface area contributed by atoms with Crippen molar-refractivity contribution in [2.24, 2.45) is 0 Å². The van der Waals surface area contributed by atoms with E-state index in [-0.39, 0.29) is 5.91 Å². The number of nitrogens with one attached hydrogen (secondary N) is 2. The first-order valence-corrected chi connectivity index (χ1v) is 8.48. The number of hydrogen-bond donors (Lipinski definition) is 2. The average molecular weight is 342 g/mol. The topological polar surface area (TPSA) is 59.6 Å². The summed E-state index contributed by atoms with van der Waals surface area (Å²) in [4.78, 5) is 12.4. The number of hydrogen-bond acceptors (Lipinski definition) is 4. The molecule has 134 valence electrons. The minimum atomic E-state index is -0.557. The third-order valence-corrected chi connectivity index (χ3v) is 3.84. The van der Waals surface area contributed by atoms with Crippen molar-refractivity contribution in [3.05, 3.63) is 59.7 Å². The average Bonchev–Trinajstić information content (AvgIpc) is 2.65. The van der Waals surface area contributed by atoms with Crippen molar-refractivity contribution in [2.75, 3.05) is 19.0 Å². The van der Waals surface area contributed by atoms with Crippen LogP contribution in [-0.4, -0.2) is 25.7 Å². The van der Waals surface area contributed by atoms with E-state index in [1.165, 1.54) is 0 Å². The largest absolute Gasteiger partial charge is 0.497 e. The van der Waals surface area contributed by atoms with Gasteiger partial charge in [-0.2, -0.15) is 0 Å². The fourth-order valence-electron chi connectivity index (χ4n) is 2.35. The molecule has 2 aromatic rings. The molecule has 0 saturated carbocycles.